The first-order valence-corrected chi connectivity index (χ1v) is 6.51. The van der Waals surface area contributed by atoms with Crippen LogP contribution < -0.4 is 5.32 Å². The minimum absolute atomic E-state index is 0.487. The number of rotatable bonds is 2. The van der Waals surface area contributed by atoms with E-state index in [-0.39, 0.29) is 0 Å². The lowest BCUT2D eigenvalue weighted by molar-refractivity contribution is 0.124. The normalized spacial score (nSPS) is 44.1. The van der Waals surface area contributed by atoms with Gasteiger partial charge in [0.2, 0.25) is 0 Å². The fourth-order valence-electron chi connectivity index (χ4n) is 3.77. The summed E-state index contributed by atoms with van der Waals surface area (Å²) in [4.78, 5) is 0. The topological polar surface area (TPSA) is 12.0 Å². The molecule has 1 aliphatic carbocycles. The minimum atomic E-state index is 0.487. The molecule has 0 amide bonds. The third-order valence-corrected chi connectivity index (χ3v) is 4.65. The van der Waals surface area contributed by atoms with E-state index in [0.717, 1.165) is 11.8 Å². The summed E-state index contributed by atoms with van der Waals surface area (Å²) in [6.07, 6.45) is 10.1. The molecule has 1 heterocycles. The van der Waals surface area contributed by atoms with E-state index in [4.69, 9.17) is 0 Å². The van der Waals surface area contributed by atoms with Crippen LogP contribution in [0.1, 0.15) is 58.8 Å². The molecular formula is C13H25N. The lowest BCUT2D eigenvalue weighted by Crippen LogP contribution is -2.48. The van der Waals surface area contributed by atoms with E-state index >= 15 is 0 Å². The maximum absolute atomic E-state index is 3.77. The average Bonchev–Trinajstić information content (AvgIpc) is 2.66. The van der Waals surface area contributed by atoms with E-state index < -0.39 is 0 Å². The second-order valence-electron chi connectivity index (χ2n) is 5.51. The van der Waals surface area contributed by atoms with Crippen LogP contribution in [0.4, 0.5) is 0 Å². The van der Waals surface area contributed by atoms with E-state index in [1.165, 1.54) is 51.5 Å². The Hall–Kier alpha value is -0.0400. The molecule has 1 saturated heterocycles. The molecule has 2 fully saturated rings. The van der Waals surface area contributed by atoms with Gasteiger partial charge >= 0.3 is 0 Å². The van der Waals surface area contributed by atoms with Gasteiger partial charge in [0.25, 0.3) is 0 Å². The van der Waals surface area contributed by atoms with Crippen molar-refractivity contribution in [3.05, 3.63) is 0 Å². The predicted octanol–water partition coefficient (Wildman–Crippen LogP) is 3.34. The van der Waals surface area contributed by atoms with Crippen molar-refractivity contribution < 1.29 is 0 Å². The van der Waals surface area contributed by atoms with E-state index in [2.05, 4.69) is 19.2 Å². The van der Waals surface area contributed by atoms with Gasteiger partial charge in [0.1, 0.15) is 0 Å². The van der Waals surface area contributed by atoms with Gasteiger partial charge in [0, 0.05) is 5.54 Å². The van der Waals surface area contributed by atoms with Gasteiger partial charge in [-0.2, -0.15) is 0 Å². The molecule has 0 aromatic carbocycles. The molecule has 1 nitrogen and oxygen atoms in total. The van der Waals surface area contributed by atoms with Gasteiger partial charge in [0.15, 0.2) is 0 Å². The summed E-state index contributed by atoms with van der Waals surface area (Å²) in [7, 11) is 0. The zero-order chi connectivity index (χ0) is 10.0. The van der Waals surface area contributed by atoms with E-state index in [9.17, 15) is 0 Å². The van der Waals surface area contributed by atoms with Crippen LogP contribution in [-0.2, 0) is 0 Å². The molecule has 0 spiro atoms. The smallest absolute Gasteiger partial charge is 0.0184 e. The fraction of sp³-hybridized carbons (Fsp3) is 1.00. The summed E-state index contributed by atoms with van der Waals surface area (Å²) in [5, 5.41) is 3.77. The van der Waals surface area contributed by atoms with Crippen LogP contribution >= 0.6 is 0 Å². The molecule has 1 saturated carbocycles. The number of hydrogen-bond donors (Lipinski definition) is 1. The van der Waals surface area contributed by atoms with Crippen molar-refractivity contribution in [1.29, 1.82) is 0 Å². The highest BCUT2D eigenvalue weighted by Crippen LogP contribution is 2.42. The van der Waals surface area contributed by atoms with Gasteiger partial charge in [-0.1, -0.05) is 32.6 Å². The highest BCUT2D eigenvalue weighted by Gasteiger charge is 2.40. The van der Waals surface area contributed by atoms with Gasteiger partial charge in [-0.25, -0.2) is 0 Å². The molecule has 14 heavy (non-hydrogen) atoms. The van der Waals surface area contributed by atoms with Crippen molar-refractivity contribution in [3.8, 4) is 0 Å². The third-order valence-electron chi connectivity index (χ3n) is 4.65. The van der Waals surface area contributed by atoms with Crippen molar-refractivity contribution in [2.75, 3.05) is 6.54 Å². The zero-order valence-corrected chi connectivity index (χ0v) is 9.81. The van der Waals surface area contributed by atoms with Crippen molar-refractivity contribution >= 4 is 0 Å². The Labute approximate surface area is 88.7 Å². The first-order valence-electron chi connectivity index (χ1n) is 6.51. The number of nitrogens with one attached hydrogen (secondary N) is 1. The Balaban J connectivity index is 2.05. The first-order chi connectivity index (χ1) is 6.76. The summed E-state index contributed by atoms with van der Waals surface area (Å²) in [6, 6.07) is 0. The molecule has 0 aromatic rings. The molecule has 1 aliphatic heterocycles. The minimum Gasteiger partial charge on any atom is -0.311 e. The summed E-state index contributed by atoms with van der Waals surface area (Å²) in [5.41, 5.74) is 0.487. The van der Waals surface area contributed by atoms with Crippen molar-refractivity contribution in [2.24, 2.45) is 11.8 Å². The van der Waals surface area contributed by atoms with Crippen molar-refractivity contribution in [3.63, 3.8) is 0 Å². The highest BCUT2D eigenvalue weighted by atomic mass is 15.0. The van der Waals surface area contributed by atoms with E-state index in [1.807, 2.05) is 0 Å². The Kier molecular flexibility index (Phi) is 3.16. The average molecular weight is 195 g/mol. The Morgan fingerprint density at radius 1 is 1.21 bits per heavy atom. The van der Waals surface area contributed by atoms with Crippen LogP contribution in [-0.4, -0.2) is 12.1 Å². The standard InChI is InChI=1S/C13H25N/c1-3-11-7-4-5-8-12(11)13(2)9-6-10-14-13/h11-12,14H,3-10H2,1-2H3. The Bertz CT molecular complexity index is 182. The quantitative estimate of drug-likeness (QED) is 0.712. The largest absolute Gasteiger partial charge is 0.311 e. The van der Waals surface area contributed by atoms with Crippen molar-refractivity contribution in [1.82, 2.24) is 5.32 Å². The third kappa shape index (κ3) is 1.84. The Morgan fingerprint density at radius 2 is 2.00 bits per heavy atom. The summed E-state index contributed by atoms with van der Waals surface area (Å²) in [5.74, 6) is 1.96. The predicted molar refractivity (Wildman–Crippen MR) is 61.4 cm³/mol. The molecule has 82 valence electrons. The molecule has 0 radical (unpaired) electrons. The zero-order valence-electron chi connectivity index (χ0n) is 9.81. The van der Waals surface area contributed by atoms with Gasteiger partial charge in [0.05, 0.1) is 0 Å². The molecule has 0 aromatic heterocycles. The van der Waals surface area contributed by atoms with Crippen LogP contribution in [0.5, 0.6) is 0 Å². The Morgan fingerprint density at radius 3 is 2.64 bits per heavy atom. The van der Waals surface area contributed by atoms with Crippen LogP contribution in [0.15, 0.2) is 0 Å². The maximum Gasteiger partial charge on any atom is 0.0184 e. The monoisotopic (exact) mass is 195 g/mol. The molecule has 1 heteroatoms. The first kappa shape index (κ1) is 10.5. The van der Waals surface area contributed by atoms with Crippen LogP contribution in [0.3, 0.4) is 0 Å². The van der Waals surface area contributed by atoms with Crippen LogP contribution in [0, 0.1) is 11.8 Å². The lowest BCUT2D eigenvalue weighted by Gasteiger charge is -2.42. The lowest BCUT2D eigenvalue weighted by atomic mass is 9.68. The molecule has 3 atom stereocenters. The SMILES string of the molecule is CCC1CCCCC1C1(C)CCCN1. The van der Waals surface area contributed by atoms with Gasteiger partial charge in [-0.05, 0) is 44.6 Å². The van der Waals surface area contributed by atoms with Crippen molar-refractivity contribution in [2.45, 2.75) is 64.3 Å². The summed E-state index contributed by atoms with van der Waals surface area (Å²) >= 11 is 0. The number of hydrogen-bond acceptors (Lipinski definition) is 1. The maximum atomic E-state index is 3.77. The van der Waals surface area contributed by atoms with E-state index in [0.29, 0.717) is 5.54 Å². The second-order valence-corrected chi connectivity index (χ2v) is 5.51. The van der Waals surface area contributed by atoms with E-state index in [1.54, 1.807) is 0 Å². The molecule has 1 N–H and O–H groups in total. The molecule has 3 unspecified atom stereocenters. The summed E-state index contributed by atoms with van der Waals surface area (Å²) < 4.78 is 0. The molecule has 2 aliphatic rings. The highest BCUT2D eigenvalue weighted by molar-refractivity contribution is 4.98. The van der Waals surface area contributed by atoms with Gasteiger partial charge in [-0.3, -0.25) is 0 Å². The van der Waals surface area contributed by atoms with Crippen LogP contribution in [0.2, 0.25) is 0 Å². The van der Waals surface area contributed by atoms with Gasteiger partial charge in [-0.15, -0.1) is 0 Å². The molecule has 0 bridgehead atoms. The van der Waals surface area contributed by atoms with Gasteiger partial charge < -0.3 is 5.32 Å². The molecular weight excluding hydrogens is 170 g/mol. The second kappa shape index (κ2) is 4.22. The molecule has 2 rings (SSSR count). The summed E-state index contributed by atoms with van der Waals surface area (Å²) in [6.45, 7) is 6.10. The van der Waals surface area contributed by atoms with Crippen LogP contribution in [0.25, 0.3) is 0 Å². The fourth-order valence-corrected chi connectivity index (χ4v) is 3.77.